The van der Waals surface area contributed by atoms with E-state index in [1.54, 1.807) is 36.4 Å². The number of hydrogen-bond donors (Lipinski definition) is 0. The van der Waals surface area contributed by atoms with Gasteiger partial charge in [-0.1, -0.05) is 47.1 Å². The standard InChI is InChI=1S/C19H16Cl2FN3OS/c1-2-9-25-18(11-26-16-7-4-14(20)5-8-16)23-24-19(25)27-12-13-3-6-15(22)10-17(13)21/h2-8,10H,1,9,11-12H2. The Balaban J connectivity index is 1.70. The molecule has 0 atom stereocenters. The van der Waals surface area contributed by atoms with Gasteiger partial charge in [-0.15, -0.1) is 16.8 Å². The highest BCUT2D eigenvalue weighted by Crippen LogP contribution is 2.27. The van der Waals surface area contributed by atoms with Gasteiger partial charge in [0.1, 0.15) is 18.2 Å². The molecule has 0 saturated heterocycles. The summed E-state index contributed by atoms with van der Waals surface area (Å²) in [6.45, 7) is 4.60. The highest BCUT2D eigenvalue weighted by molar-refractivity contribution is 7.98. The van der Waals surface area contributed by atoms with Crippen LogP contribution < -0.4 is 4.74 Å². The molecule has 0 spiro atoms. The fourth-order valence-corrected chi connectivity index (χ4v) is 3.71. The molecule has 1 aromatic heterocycles. The van der Waals surface area contributed by atoms with Gasteiger partial charge in [0.05, 0.1) is 0 Å². The Labute approximate surface area is 171 Å². The smallest absolute Gasteiger partial charge is 0.191 e. The molecule has 8 heteroatoms. The predicted molar refractivity (Wildman–Crippen MR) is 107 cm³/mol. The van der Waals surface area contributed by atoms with Crippen molar-refractivity contribution in [1.82, 2.24) is 14.8 Å². The van der Waals surface area contributed by atoms with Crippen molar-refractivity contribution in [2.75, 3.05) is 0 Å². The normalized spacial score (nSPS) is 10.8. The molecule has 3 rings (SSSR count). The number of rotatable bonds is 8. The van der Waals surface area contributed by atoms with E-state index in [1.807, 2.05) is 4.57 Å². The van der Waals surface area contributed by atoms with Crippen LogP contribution in [0.4, 0.5) is 4.39 Å². The third-order valence-electron chi connectivity index (χ3n) is 3.66. The number of thioether (sulfide) groups is 1. The molecule has 3 aromatic rings. The van der Waals surface area contributed by atoms with E-state index in [-0.39, 0.29) is 12.4 Å². The fraction of sp³-hybridized carbons (Fsp3) is 0.158. The van der Waals surface area contributed by atoms with Crippen molar-refractivity contribution < 1.29 is 9.13 Å². The van der Waals surface area contributed by atoms with Crippen LogP contribution in [-0.4, -0.2) is 14.8 Å². The lowest BCUT2D eigenvalue weighted by Crippen LogP contribution is -2.07. The van der Waals surface area contributed by atoms with Gasteiger partial charge in [0.25, 0.3) is 0 Å². The average molecular weight is 424 g/mol. The van der Waals surface area contributed by atoms with Gasteiger partial charge in [-0.2, -0.15) is 0 Å². The maximum absolute atomic E-state index is 13.2. The SMILES string of the molecule is C=CCn1c(COc2ccc(Cl)cc2)nnc1SCc1ccc(F)cc1Cl. The van der Waals surface area contributed by atoms with Gasteiger partial charge < -0.3 is 4.74 Å². The van der Waals surface area contributed by atoms with Crippen molar-refractivity contribution in [2.24, 2.45) is 0 Å². The molecule has 0 aliphatic heterocycles. The average Bonchev–Trinajstić information content (AvgIpc) is 3.03. The van der Waals surface area contributed by atoms with Crippen LogP contribution in [0.2, 0.25) is 10.0 Å². The summed E-state index contributed by atoms with van der Waals surface area (Å²) in [5.74, 6) is 1.56. The zero-order chi connectivity index (χ0) is 19.2. The Kier molecular flexibility index (Phi) is 6.77. The zero-order valence-corrected chi connectivity index (χ0v) is 16.6. The maximum atomic E-state index is 13.2. The van der Waals surface area contributed by atoms with Crippen LogP contribution in [0, 0.1) is 5.82 Å². The second kappa shape index (κ2) is 9.26. The van der Waals surface area contributed by atoms with Crippen molar-refractivity contribution in [3.05, 3.63) is 82.4 Å². The van der Waals surface area contributed by atoms with Crippen molar-refractivity contribution in [2.45, 2.75) is 24.1 Å². The molecule has 0 amide bonds. The summed E-state index contributed by atoms with van der Waals surface area (Å²) < 4.78 is 20.9. The van der Waals surface area contributed by atoms with Crippen molar-refractivity contribution >= 4 is 35.0 Å². The van der Waals surface area contributed by atoms with Gasteiger partial charge in [0.2, 0.25) is 0 Å². The van der Waals surface area contributed by atoms with Crippen LogP contribution >= 0.6 is 35.0 Å². The molecule has 4 nitrogen and oxygen atoms in total. The highest BCUT2D eigenvalue weighted by atomic mass is 35.5. The van der Waals surface area contributed by atoms with E-state index in [2.05, 4.69) is 16.8 Å². The molecule has 0 N–H and O–H groups in total. The zero-order valence-electron chi connectivity index (χ0n) is 14.2. The number of benzene rings is 2. The van der Waals surface area contributed by atoms with Gasteiger partial charge in [0, 0.05) is 22.3 Å². The summed E-state index contributed by atoms with van der Waals surface area (Å²) in [5.41, 5.74) is 0.829. The number of ether oxygens (including phenoxy) is 1. The van der Waals surface area contributed by atoms with Gasteiger partial charge in [0.15, 0.2) is 11.0 Å². The second-order valence-corrected chi connectivity index (χ2v) is 7.35. The molecule has 1 heterocycles. The van der Waals surface area contributed by atoms with Crippen LogP contribution in [0.15, 0.2) is 60.3 Å². The molecule has 140 valence electrons. The first-order valence-electron chi connectivity index (χ1n) is 8.05. The van der Waals surface area contributed by atoms with E-state index in [0.717, 1.165) is 5.56 Å². The van der Waals surface area contributed by atoms with Crippen molar-refractivity contribution in [3.63, 3.8) is 0 Å². The summed E-state index contributed by atoms with van der Waals surface area (Å²) in [5, 5.41) is 10.2. The molecule has 0 fully saturated rings. The number of aromatic nitrogens is 3. The minimum absolute atomic E-state index is 0.264. The minimum Gasteiger partial charge on any atom is -0.486 e. The molecule has 0 aliphatic carbocycles. The predicted octanol–water partition coefficient (Wildman–Crippen LogP) is 5.78. The number of hydrogen-bond acceptors (Lipinski definition) is 4. The van der Waals surface area contributed by atoms with Gasteiger partial charge in [-0.25, -0.2) is 4.39 Å². The summed E-state index contributed by atoms with van der Waals surface area (Å²) >= 11 is 13.4. The molecule has 0 bridgehead atoms. The molecule has 0 aliphatic rings. The Morgan fingerprint density at radius 3 is 2.63 bits per heavy atom. The van der Waals surface area contributed by atoms with Gasteiger partial charge in [-0.05, 0) is 42.0 Å². The highest BCUT2D eigenvalue weighted by Gasteiger charge is 2.13. The van der Waals surface area contributed by atoms with Gasteiger partial charge >= 0.3 is 0 Å². The van der Waals surface area contributed by atoms with Gasteiger partial charge in [-0.3, -0.25) is 4.57 Å². The largest absolute Gasteiger partial charge is 0.486 e. The first-order valence-corrected chi connectivity index (χ1v) is 9.79. The second-order valence-electron chi connectivity index (χ2n) is 5.57. The monoisotopic (exact) mass is 423 g/mol. The molecular weight excluding hydrogens is 408 g/mol. The first kappa shape index (κ1) is 19.7. The lowest BCUT2D eigenvalue weighted by molar-refractivity contribution is 0.289. The quantitative estimate of drug-likeness (QED) is 0.340. The van der Waals surface area contributed by atoms with Crippen LogP contribution in [0.1, 0.15) is 11.4 Å². The van der Waals surface area contributed by atoms with Crippen LogP contribution in [0.5, 0.6) is 5.75 Å². The van der Waals surface area contributed by atoms with Crippen molar-refractivity contribution in [1.29, 1.82) is 0 Å². The van der Waals surface area contributed by atoms with Crippen molar-refractivity contribution in [3.8, 4) is 5.75 Å². The van der Waals surface area contributed by atoms with E-state index in [4.69, 9.17) is 27.9 Å². The molecule has 0 saturated carbocycles. The lowest BCUT2D eigenvalue weighted by atomic mass is 10.2. The number of nitrogens with zero attached hydrogens (tertiary/aromatic N) is 3. The number of allylic oxidation sites excluding steroid dienone is 1. The summed E-state index contributed by atoms with van der Waals surface area (Å²) in [6, 6.07) is 11.5. The Morgan fingerprint density at radius 1 is 1.15 bits per heavy atom. The molecular formula is C19H16Cl2FN3OS. The molecule has 27 heavy (non-hydrogen) atoms. The Bertz CT molecular complexity index is 931. The topological polar surface area (TPSA) is 39.9 Å². The Hall–Kier alpha value is -2.02. The lowest BCUT2D eigenvalue weighted by Gasteiger charge is -2.09. The Morgan fingerprint density at radius 2 is 1.93 bits per heavy atom. The molecule has 0 unspecified atom stereocenters. The molecule has 2 aromatic carbocycles. The van der Waals surface area contributed by atoms with E-state index < -0.39 is 0 Å². The van der Waals surface area contributed by atoms with E-state index >= 15 is 0 Å². The third kappa shape index (κ3) is 5.25. The fourth-order valence-electron chi connectivity index (χ4n) is 2.30. The maximum Gasteiger partial charge on any atom is 0.191 e. The van der Waals surface area contributed by atoms with E-state index in [1.165, 1.54) is 23.9 Å². The summed E-state index contributed by atoms with van der Waals surface area (Å²) in [7, 11) is 0. The summed E-state index contributed by atoms with van der Waals surface area (Å²) in [4.78, 5) is 0. The van der Waals surface area contributed by atoms with Crippen LogP contribution in [0.25, 0.3) is 0 Å². The number of halogens is 3. The van der Waals surface area contributed by atoms with E-state index in [0.29, 0.717) is 39.1 Å². The van der Waals surface area contributed by atoms with Crippen LogP contribution in [-0.2, 0) is 18.9 Å². The summed E-state index contributed by atoms with van der Waals surface area (Å²) in [6.07, 6.45) is 1.77. The van der Waals surface area contributed by atoms with Crippen LogP contribution in [0.3, 0.4) is 0 Å². The first-order chi connectivity index (χ1) is 13.1. The molecule has 0 radical (unpaired) electrons. The third-order valence-corrected chi connectivity index (χ3v) is 5.28. The minimum atomic E-state index is -0.356. The van der Waals surface area contributed by atoms with E-state index in [9.17, 15) is 4.39 Å².